The topological polar surface area (TPSA) is 64.3 Å². The number of hydrogen-bond donors (Lipinski definition) is 2. The molecule has 110 valence electrons. The van der Waals surface area contributed by atoms with E-state index in [-0.39, 0.29) is 5.69 Å². The zero-order valence-electron chi connectivity index (χ0n) is 11.5. The highest BCUT2D eigenvalue weighted by atomic mass is 19.1. The average molecular weight is 280 g/mol. The Labute approximate surface area is 118 Å². The van der Waals surface area contributed by atoms with Crippen LogP contribution in [-0.4, -0.2) is 19.2 Å². The first kappa shape index (κ1) is 14.8. The lowest BCUT2D eigenvalue weighted by atomic mass is 9.80. The largest absolute Gasteiger partial charge is 0.449 e. The minimum Gasteiger partial charge on any atom is -0.449 e. The monoisotopic (exact) mass is 280 g/mol. The standard InChI is InChI=1S/C15H21FN2O2/c16-13-7-3-4-8-14(13)18-15(19)20-10-12-6-2-1-5-11(12)9-17/h3-4,7-8,11-12H,1-2,5-6,9-10,17H2,(H,18,19). The van der Waals surface area contributed by atoms with Crippen LogP contribution >= 0.6 is 0 Å². The SMILES string of the molecule is NCC1CCCCC1COC(=O)Nc1ccccc1F. The number of carbonyl (C=O) groups is 1. The Morgan fingerprint density at radius 1 is 1.30 bits per heavy atom. The molecule has 1 fully saturated rings. The van der Waals surface area contributed by atoms with E-state index in [1.165, 1.54) is 18.6 Å². The van der Waals surface area contributed by atoms with E-state index in [4.69, 9.17) is 10.5 Å². The smallest absolute Gasteiger partial charge is 0.411 e. The van der Waals surface area contributed by atoms with E-state index in [9.17, 15) is 9.18 Å². The Hall–Kier alpha value is -1.62. The zero-order chi connectivity index (χ0) is 14.4. The van der Waals surface area contributed by atoms with Gasteiger partial charge in [0.15, 0.2) is 0 Å². The molecule has 1 aliphatic rings. The maximum absolute atomic E-state index is 13.4. The molecule has 0 spiro atoms. The molecule has 1 aromatic rings. The van der Waals surface area contributed by atoms with Crippen molar-refractivity contribution in [3.63, 3.8) is 0 Å². The van der Waals surface area contributed by atoms with E-state index in [2.05, 4.69) is 5.32 Å². The van der Waals surface area contributed by atoms with Crippen molar-refractivity contribution >= 4 is 11.8 Å². The number of hydrogen-bond acceptors (Lipinski definition) is 3. The fourth-order valence-corrected chi connectivity index (χ4v) is 2.71. The van der Waals surface area contributed by atoms with Crippen molar-refractivity contribution in [1.82, 2.24) is 0 Å². The predicted molar refractivity (Wildman–Crippen MR) is 75.9 cm³/mol. The van der Waals surface area contributed by atoms with Gasteiger partial charge in [-0.3, -0.25) is 5.32 Å². The number of para-hydroxylation sites is 1. The van der Waals surface area contributed by atoms with Crippen LogP contribution in [0.2, 0.25) is 0 Å². The zero-order valence-corrected chi connectivity index (χ0v) is 11.5. The summed E-state index contributed by atoms with van der Waals surface area (Å²) in [5.41, 5.74) is 5.87. The highest BCUT2D eigenvalue weighted by molar-refractivity contribution is 5.84. The molecular formula is C15H21FN2O2. The second-order valence-corrected chi connectivity index (χ2v) is 5.24. The third-order valence-electron chi connectivity index (χ3n) is 3.91. The number of halogens is 1. The summed E-state index contributed by atoms with van der Waals surface area (Å²) >= 11 is 0. The van der Waals surface area contributed by atoms with Crippen molar-refractivity contribution in [2.24, 2.45) is 17.6 Å². The van der Waals surface area contributed by atoms with Gasteiger partial charge in [0.1, 0.15) is 5.82 Å². The van der Waals surface area contributed by atoms with Crippen molar-refractivity contribution in [1.29, 1.82) is 0 Å². The molecule has 2 rings (SSSR count). The normalized spacial score (nSPS) is 22.3. The van der Waals surface area contributed by atoms with Crippen LogP contribution in [0.4, 0.5) is 14.9 Å². The molecule has 20 heavy (non-hydrogen) atoms. The lowest BCUT2D eigenvalue weighted by molar-refractivity contribution is 0.104. The minimum absolute atomic E-state index is 0.136. The van der Waals surface area contributed by atoms with Crippen molar-refractivity contribution < 1.29 is 13.9 Å². The number of carbonyl (C=O) groups excluding carboxylic acids is 1. The number of ether oxygens (including phenoxy) is 1. The van der Waals surface area contributed by atoms with Gasteiger partial charge < -0.3 is 10.5 Å². The molecule has 0 aliphatic heterocycles. The van der Waals surface area contributed by atoms with Crippen LogP contribution in [0.15, 0.2) is 24.3 Å². The molecule has 1 aromatic carbocycles. The molecule has 3 N–H and O–H groups in total. The highest BCUT2D eigenvalue weighted by Gasteiger charge is 2.25. The number of rotatable bonds is 4. The fraction of sp³-hybridized carbons (Fsp3) is 0.533. The molecule has 2 unspecified atom stereocenters. The second-order valence-electron chi connectivity index (χ2n) is 5.24. The summed E-state index contributed by atoms with van der Waals surface area (Å²) in [4.78, 5) is 11.7. The Morgan fingerprint density at radius 3 is 2.70 bits per heavy atom. The molecule has 0 aromatic heterocycles. The van der Waals surface area contributed by atoms with Crippen LogP contribution in [0.25, 0.3) is 0 Å². The van der Waals surface area contributed by atoms with Crippen LogP contribution in [0.3, 0.4) is 0 Å². The van der Waals surface area contributed by atoms with Gasteiger partial charge in [-0.25, -0.2) is 9.18 Å². The van der Waals surface area contributed by atoms with Gasteiger partial charge in [0.25, 0.3) is 0 Å². The van der Waals surface area contributed by atoms with E-state index in [1.54, 1.807) is 12.1 Å². The van der Waals surface area contributed by atoms with Crippen LogP contribution in [0, 0.1) is 17.7 Å². The Bertz CT molecular complexity index is 453. The van der Waals surface area contributed by atoms with Crippen molar-refractivity contribution in [3.8, 4) is 0 Å². The van der Waals surface area contributed by atoms with Crippen LogP contribution in [0.1, 0.15) is 25.7 Å². The number of nitrogens with two attached hydrogens (primary N) is 1. The maximum atomic E-state index is 13.4. The molecule has 4 nitrogen and oxygen atoms in total. The molecular weight excluding hydrogens is 259 g/mol. The van der Waals surface area contributed by atoms with Gasteiger partial charge in [-0.15, -0.1) is 0 Å². The van der Waals surface area contributed by atoms with Crippen molar-refractivity contribution in [2.75, 3.05) is 18.5 Å². The summed E-state index contributed by atoms with van der Waals surface area (Å²) in [6.45, 7) is 0.977. The molecule has 1 saturated carbocycles. The Balaban J connectivity index is 1.81. The van der Waals surface area contributed by atoms with E-state index >= 15 is 0 Å². The summed E-state index contributed by atoms with van der Waals surface area (Å²) in [6, 6.07) is 6.02. The van der Waals surface area contributed by atoms with Crippen LogP contribution in [0.5, 0.6) is 0 Å². The maximum Gasteiger partial charge on any atom is 0.411 e. The third kappa shape index (κ3) is 3.93. The van der Waals surface area contributed by atoms with Crippen LogP contribution < -0.4 is 11.1 Å². The number of anilines is 1. The first-order valence-electron chi connectivity index (χ1n) is 7.09. The second kappa shape index (κ2) is 7.24. The summed E-state index contributed by atoms with van der Waals surface area (Å²) in [7, 11) is 0. The molecule has 2 atom stereocenters. The van der Waals surface area contributed by atoms with Gasteiger partial charge in [0.2, 0.25) is 0 Å². The van der Waals surface area contributed by atoms with Crippen LogP contribution in [-0.2, 0) is 4.74 Å². The van der Waals surface area contributed by atoms with E-state index in [0.717, 1.165) is 19.3 Å². The molecule has 0 radical (unpaired) electrons. The van der Waals surface area contributed by atoms with Gasteiger partial charge in [0.05, 0.1) is 12.3 Å². The minimum atomic E-state index is -0.614. The number of nitrogens with one attached hydrogen (secondary N) is 1. The number of amides is 1. The molecule has 0 bridgehead atoms. The quantitative estimate of drug-likeness (QED) is 0.890. The fourth-order valence-electron chi connectivity index (χ4n) is 2.71. The van der Waals surface area contributed by atoms with Crippen molar-refractivity contribution in [3.05, 3.63) is 30.1 Å². The summed E-state index contributed by atoms with van der Waals surface area (Å²) < 4.78 is 18.6. The van der Waals surface area contributed by atoms with E-state index < -0.39 is 11.9 Å². The van der Waals surface area contributed by atoms with Gasteiger partial charge in [0, 0.05) is 0 Å². The highest BCUT2D eigenvalue weighted by Crippen LogP contribution is 2.29. The molecule has 1 amide bonds. The van der Waals surface area contributed by atoms with Gasteiger partial charge >= 0.3 is 6.09 Å². The van der Waals surface area contributed by atoms with Crippen molar-refractivity contribution in [2.45, 2.75) is 25.7 Å². The number of benzene rings is 1. The Morgan fingerprint density at radius 2 is 2.00 bits per heavy atom. The van der Waals surface area contributed by atoms with Gasteiger partial charge in [-0.2, -0.15) is 0 Å². The first-order chi connectivity index (χ1) is 9.70. The van der Waals surface area contributed by atoms with E-state index in [1.807, 2.05) is 0 Å². The lowest BCUT2D eigenvalue weighted by Gasteiger charge is -2.30. The van der Waals surface area contributed by atoms with Gasteiger partial charge in [-0.1, -0.05) is 25.0 Å². The molecule has 0 saturated heterocycles. The predicted octanol–water partition coefficient (Wildman–Crippen LogP) is 3.14. The molecule has 5 heteroatoms. The molecule has 1 aliphatic carbocycles. The Kier molecular flexibility index (Phi) is 5.35. The summed E-state index contributed by atoms with van der Waals surface area (Å²) in [6.07, 6.45) is 3.87. The third-order valence-corrected chi connectivity index (χ3v) is 3.91. The first-order valence-corrected chi connectivity index (χ1v) is 7.09. The lowest BCUT2D eigenvalue weighted by Crippen LogP contribution is -2.31. The summed E-state index contributed by atoms with van der Waals surface area (Å²) in [5, 5.41) is 2.42. The van der Waals surface area contributed by atoms with E-state index in [0.29, 0.717) is 25.0 Å². The molecule has 0 heterocycles. The van der Waals surface area contributed by atoms with Gasteiger partial charge in [-0.05, 0) is 43.4 Å². The summed E-state index contributed by atoms with van der Waals surface area (Å²) in [5.74, 6) is 0.270. The average Bonchev–Trinajstić information content (AvgIpc) is 2.48.